The van der Waals surface area contributed by atoms with Gasteiger partial charge < -0.3 is 9.47 Å². The zero-order valence-electron chi connectivity index (χ0n) is 18.5. The van der Waals surface area contributed by atoms with E-state index in [2.05, 4.69) is 0 Å². The zero-order chi connectivity index (χ0) is 24.1. The third-order valence-corrected chi connectivity index (χ3v) is 6.66. The Kier molecular flexibility index (Phi) is 7.75. The highest BCUT2D eigenvalue weighted by Gasteiger charge is 2.39. The normalized spacial score (nSPS) is 15.6. The van der Waals surface area contributed by atoms with Crippen LogP contribution in [-0.2, 0) is 24.4 Å². The maximum absolute atomic E-state index is 13.9. The van der Waals surface area contributed by atoms with Crippen molar-refractivity contribution < 1.29 is 23.5 Å². The van der Waals surface area contributed by atoms with Crippen molar-refractivity contribution in [1.29, 1.82) is 0 Å². The van der Waals surface area contributed by atoms with E-state index in [0.29, 0.717) is 35.1 Å². The number of ether oxygens (including phenoxy) is 2. The Morgan fingerprint density at radius 1 is 0.971 bits per heavy atom. The lowest BCUT2D eigenvalue weighted by Gasteiger charge is -2.16. The number of benzene rings is 3. The topological polar surface area (TPSA) is 55.8 Å². The molecular formula is C26H23ClFNO4S. The maximum Gasteiger partial charge on any atom is 0.289 e. The molecule has 0 aliphatic carbocycles. The standard InChI is InChI=1S/C26H23ClFNO4S/c1-2-32-23-13-18(9-12-22(23)33-16-19-5-3-4-6-21(19)28)14-24-25(30)29(26(31)34-24)15-17-7-10-20(27)11-8-17/h3-13,24H,2,14-16H2,1H3/t24-/m0/s1. The van der Waals surface area contributed by atoms with Gasteiger partial charge in [0.25, 0.3) is 5.24 Å². The SMILES string of the molecule is CCOc1cc(C[C@@H]2SC(=O)N(Cc3ccc(Cl)cc3)C2=O)ccc1OCc1ccccc1F. The van der Waals surface area contributed by atoms with Crippen LogP contribution in [0.4, 0.5) is 9.18 Å². The van der Waals surface area contributed by atoms with E-state index in [1.54, 1.807) is 54.6 Å². The van der Waals surface area contributed by atoms with Gasteiger partial charge in [0, 0.05) is 10.6 Å². The van der Waals surface area contributed by atoms with Crippen molar-refractivity contribution in [2.24, 2.45) is 0 Å². The molecule has 0 aromatic heterocycles. The number of thioether (sulfide) groups is 1. The average Bonchev–Trinajstić information content (AvgIpc) is 3.08. The number of carbonyl (C=O) groups excluding carboxylic acids is 2. The van der Waals surface area contributed by atoms with Gasteiger partial charge >= 0.3 is 0 Å². The Morgan fingerprint density at radius 3 is 2.44 bits per heavy atom. The number of carbonyl (C=O) groups is 2. The second-order valence-corrected chi connectivity index (χ2v) is 9.31. The Morgan fingerprint density at radius 2 is 1.71 bits per heavy atom. The molecule has 3 aromatic rings. The van der Waals surface area contributed by atoms with Crippen molar-refractivity contribution >= 4 is 34.5 Å². The Hall–Kier alpha value is -3.03. The number of hydrogen-bond donors (Lipinski definition) is 0. The quantitative estimate of drug-likeness (QED) is 0.347. The predicted molar refractivity (Wildman–Crippen MR) is 131 cm³/mol. The summed E-state index contributed by atoms with van der Waals surface area (Å²) in [6, 6.07) is 18.9. The highest BCUT2D eigenvalue weighted by molar-refractivity contribution is 8.15. The predicted octanol–water partition coefficient (Wildman–Crippen LogP) is 6.26. The van der Waals surface area contributed by atoms with Crippen LogP contribution in [-0.4, -0.2) is 27.9 Å². The van der Waals surface area contributed by atoms with E-state index in [9.17, 15) is 14.0 Å². The summed E-state index contributed by atoms with van der Waals surface area (Å²) >= 11 is 6.94. The summed E-state index contributed by atoms with van der Waals surface area (Å²) in [5.74, 6) is 0.445. The van der Waals surface area contributed by atoms with Crippen LogP contribution < -0.4 is 9.47 Å². The molecule has 1 aliphatic heterocycles. The summed E-state index contributed by atoms with van der Waals surface area (Å²) in [4.78, 5) is 26.7. The maximum atomic E-state index is 13.9. The van der Waals surface area contributed by atoms with E-state index in [-0.39, 0.29) is 30.1 Å². The number of halogens is 2. The van der Waals surface area contributed by atoms with Crippen molar-refractivity contribution in [3.05, 3.63) is 94.3 Å². The number of amides is 2. The first-order valence-electron chi connectivity index (χ1n) is 10.8. The zero-order valence-corrected chi connectivity index (χ0v) is 20.1. The highest BCUT2D eigenvalue weighted by atomic mass is 35.5. The minimum Gasteiger partial charge on any atom is -0.490 e. The first-order valence-corrected chi connectivity index (χ1v) is 12.1. The smallest absolute Gasteiger partial charge is 0.289 e. The molecule has 1 saturated heterocycles. The van der Waals surface area contributed by atoms with Crippen LogP contribution in [0.5, 0.6) is 11.5 Å². The molecule has 0 unspecified atom stereocenters. The third-order valence-electron chi connectivity index (χ3n) is 5.33. The van der Waals surface area contributed by atoms with Gasteiger partial charge in [-0.2, -0.15) is 0 Å². The molecule has 2 amide bonds. The van der Waals surface area contributed by atoms with Crippen molar-refractivity contribution in [3.8, 4) is 11.5 Å². The minimum atomic E-state index is -0.514. The molecular weight excluding hydrogens is 477 g/mol. The number of imide groups is 1. The Bertz CT molecular complexity index is 1190. The van der Waals surface area contributed by atoms with Crippen molar-refractivity contribution in [3.63, 3.8) is 0 Å². The lowest BCUT2D eigenvalue weighted by molar-refractivity contribution is -0.127. The van der Waals surface area contributed by atoms with Crippen LogP contribution in [0.2, 0.25) is 5.02 Å². The van der Waals surface area contributed by atoms with Gasteiger partial charge in [-0.05, 0) is 54.8 Å². The largest absolute Gasteiger partial charge is 0.490 e. The second-order valence-electron chi connectivity index (χ2n) is 7.72. The van der Waals surface area contributed by atoms with Gasteiger partial charge in [-0.15, -0.1) is 0 Å². The number of hydrogen-bond acceptors (Lipinski definition) is 5. The van der Waals surface area contributed by atoms with Gasteiger partial charge in [-0.25, -0.2) is 4.39 Å². The third kappa shape index (κ3) is 5.72. The van der Waals surface area contributed by atoms with Crippen LogP contribution in [0.25, 0.3) is 0 Å². The van der Waals surface area contributed by atoms with E-state index in [1.165, 1.54) is 11.0 Å². The van der Waals surface area contributed by atoms with Gasteiger partial charge in [-0.1, -0.05) is 59.8 Å². The molecule has 5 nitrogen and oxygen atoms in total. The molecule has 4 rings (SSSR count). The van der Waals surface area contributed by atoms with Gasteiger partial charge in [0.05, 0.1) is 18.4 Å². The van der Waals surface area contributed by atoms with E-state index in [1.807, 2.05) is 13.0 Å². The molecule has 0 bridgehead atoms. The monoisotopic (exact) mass is 499 g/mol. The van der Waals surface area contributed by atoms with Gasteiger partial charge in [0.1, 0.15) is 12.4 Å². The average molecular weight is 500 g/mol. The van der Waals surface area contributed by atoms with Gasteiger partial charge in [0.15, 0.2) is 11.5 Å². The fourth-order valence-electron chi connectivity index (χ4n) is 3.60. The molecule has 8 heteroatoms. The number of nitrogens with zero attached hydrogens (tertiary/aromatic N) is 1. The Labute approximate surface area is 206 Å². The Balaban J connectivity index is 1.44. The van der Waals surface area contributed by atoms with E-state index in [4.69, 9.17) is 21.1 Å². The molecule has 0 radical (unpaired) electrons. The first-order chi connectivity index (χ1) is 16.4. The fraction of sp³-hybridized carbons (Fsp3) is 0.231. The molecule has 1 heterocycles. The number of rotatable bonds is 9. The summed E-state index contributed by atoms with van der Waals surface area (Å²) in [5, 5.41) is -0.180. The highest BCUT2D eigenvalue weighted by Crippen LogP contribution is 2.34. The van der Waals surface area contributed by atoms with Gasteiger partial charge in [0.2, 0.25) is 5.91 Å². The molecule has 3 aromatic carbocycles. The van der Waals surface area contributed by atoms with E-state index in [0.717, 1.165) is 22.9 Å². The van der Waals surface area contributed by atoms with Crippen molar-refractivity contribution in [2.45, 2.75) is 31.7 Å². The molecule has 34 heavy (non-hydrogen) atoms. The summed E-state index contributed by atoms with van der Waals surface area (Å²) in [7, 11) is 0. The van der Waals surface area contributed by atoms with Crippen molar-refractivity contribution in [1.82, 2.24) is 4.90 Å². The van der Waals surface area contributed by atoms with Crippen LogP contribution in [0.3, 0.4) is 0 Å². The fourth-order valence-corrected chi connectivity index (χ4v) is 4.75. The summed E-state index contributed by atoms with van der Waals surface area (Å²) in [5.41, 5.74) is 2.12. The van der Waals surface area contributed by atoms with E-state index < -0.39 is 5.25 Å². The van der Waals surface area contributed by atoms with Crippen molar-refractivity contribution in [2.75, 3.05) is 6.61 Å². The molecule has 1 fully saturated rings. The summed E-state index contributed by atoms with van der Waals surface area (Å²) in [6.07, 6.45) is 0.375. The lowest BCUT2D eigenvalue weighted by Crippen LogP contribution is -2.31. The molecule has 0 N–H and O–H groups in total. The molecule has 0 spiro atoms. The molecule has 0 saturated carbocycles. The van der Waals surface area contributed by atoms with Gasteiger partial charge in [-0.3, -0.25) is 14.5 Å². The molecule has 1 aliphatic rings. The molecule has 1 atom stereocenters. The van der Waals surface area contributed by atoms with Crippen LogP contribution >= 0.6 is 23.4 Å². The first kappa shape index (κ1) is 24.1. The molecule has 176 valence electrons. The van der Waals surface area contributed by atoms with Crippen LogP contribution in [0.15, 0.2) is 66.7 Å². The minimum absolute atomic E-state index is 0.0667. The van der Waals surface area contributed by atoms with Crippen LogP contribution in [0, 0.1) is 5.82 Å². The van der Waals surface area contributed by atoms with E-state index >= 15 is 0 Å². The summed E-state index contributed by atoms with van der Waals surface area (Å²) in [6.45, 7) is 2.56. The van der Waals surface area contributed by atoms with Crippen LogP contribution in [0.1, 0.15) is 23.6 Å². The second kappa shape index (κ2) is 10.9. The lowest BCUT2D eigenvalue weighted by atomic mass is 10.1. The summed E-state index contributed by atoms with van der Waals surface area (Å²) < 4.78 is 25.4.